The van der Waals surface area contributed by atoms with Crippen molar-refractivity contribution in [1.82, 2.24) is 0 Å². The number of hydrogen-bond donors (Lipinski definition) is 0. The van der Waals surface area contributed by atoms with Crippen molar-refractivity contribution in [2.24, 2.45) is 0 Å². The van der Waals surface area contributed by atoms with Gasteiger partial charge in [-0.05, 0) is 11.6 Å². The number of rotatable bonds is 0. The first-order chi connectivity index (χ1) is 8.92. The molecular formula is C16H10O2. The molecule has 2 nitrogen and oxygen atoms in total. The van der Waals surface area contributed by atoms with Gasteiger partial charge in [0, 0.05) is 16.3 Å². The second-order valence-corrected chi connectivity index (χ2v) is 4.91. The lowest BCUT2D eigenvalue weighted by Crippen LogP contribution is -1.92. The smallest absolute Gasteiger partial charge is 0.141 e. The lowest BCUT2D eigenvalue weighted by molar-refractivity contribution is 0.0880. The predicted molar refractivity (Wildman–Crippen MR) is 69.4 cm³/mol. The zero-order valence-corrected chi connectivity index (χ0v) is 9.59. The van der Waals surface area contributed by atoms with Crippen LogP contribution in [0, 0.1) is 0 Å². The first-order valence-corrected chi connectivity index (χ1v) is 6.20. The summed E-state index contributed by atoms with van der Waals surface area (Å²) < 4.78 is 11.9. The Labute approximate surface area is 103 Å². The summed E-state index contributed by atoms with van der Waals surface area (Å²) in [5.74, 6) is 0. The lowest BCUT2D eigenvalue weighted by atomic mass is 9.94. The Balaban J connectivity index is 1.99. The quantitative estimate of drug-likeness (QED) is 0.542. The summed E-state index contributed by atoms with van der Waals surface area (Å²) in [4.78, 5) is 0. The molecule has 18 heavy (non-hydrogen) atoms. The van der Waals surface area contributed by atoms with E-state index in [1.165, 1.54) is 21.9 Å². The summed E-state index contributed by atoms with van der Waals surface area (Å²) in [7, 11) is 0. The number of hydrogen-bond acceptors (Lipinski definition) is 2. The SMILES string of the molecule is C1=CC2OC1c1ccc3c(oc4ccccc43)c12. The van der Waals surface area contributed by atoms with E-state index in [1.807, 2.05) is 18.2 Å². The number of fused-ring (bicyclic) bond motifs is 9. The maximum Gasteiger partial charge on any atom is 0.141 e. The van der Waals surface area contributed by atoms with Crippen LogP contribution in [0.4, 0.5) is 0 Å². The predicted octanol–water partition coefficient (Wildman–Crippen LogP) is 4.27. The Morgan fingerprint density at radius 3 is 2.72 bits per heavy atom. The zero-order chi connectivity index (χ0) is 11.7. The molecule has 3 aromatic rings. The van der Waals surface area contributed by atoms with Crippen LogP contribution in [0.25, 0.3) is 21.9 Å². The molecule has 2 aliphatic heterocycles. The minimum atomic E-state index is 0.0780. The molecule has 86 valence electrons. The average molecular weight is 234 g/mol. The van der Waals surface area contributed by atoms with Gasteiger partial charge in [-0.2, -0.15) is 0 Å². The molecule has 0 saturated carbocycles. The number of furan rings is 1. The van der Waals surface area contributed by atoms with Gasteiger partial charge in [0.1, 0.15) is 23.4 Å². The average Bonchev–Trinajstić information content (AvgIpc) is 3.10. The molecule has 0 spiro atoms. The van der Waals surface area contributed by atoms with Crippen molar-refractivity contribution >= 4 is 21.9 Å². The molecule has 0 amide bonds. The first-order valence-electron chi connectivity index (χ1n) is 6.20. The summed E-state index contributed by atoms with van der Waals surface area (Å²) in [6, 6.07) is 12.5. The maximum absolute atomic E-state index is 6.03. The third-order valence-electron chi connectivity index (χ3n) is 3.96. The zero-order valence-electron chi connectivity index (χ0n) is 9.59. The van der Waals surface area contributed by atoms with Crippen molar-refractivity contribution in [2.45, 2.75) is 12.2 Å². The molecule has 2 aromatic carbocycles. The number of para-hydroxylation sites is 1. The van der Waals surface area contributed by atoms with Crippen LogP contribution in [0.5, 0.6) is 0 Å². The fourth-order valence-corrected chi connectivity index (χ4v) is 3.16. The van der Waals surface area contributed by atoms with E-state index in [9.17, 15) is 0 Å². The van der Waals surface area contributed by atoms with Gasteiger partial charge in [0.2, 0.25) is 0 Å². The van der Waals surface area contributed by atoms with E-state index in [2.05, 4.69) is 30.4 Å². The molecule has 0 fully saturated rings. The minimum Gasteiger partial charge on any atom is -0.456 e. The molecule has 1 aromatic heterocycles. The Morgan fingerprint density at radius 1 is 0.833 bits per heavy atom. The van der Waals surface area contributed by atoms with E-state index in [1.54, 1.807) is 0 Å². The van der Waals surface area contributed by atoms with E-state index in [4.69, 9.17) is 9.15 Å². The summed E-state index contributed by atoms with van der Waals surface area (Å²) in [6.45, 7) is 0. The standard InChI is InChI=1S/C16H10O2/c1-2-4-12-9(3-1)10-5-6-11-13-7-8-14(17-13)15(11)16(10)18-12/h1-8,13-14H. The summed E-state index contributed by atoms with van der Waals surface area (Å²) in [5.41, 5.74) is 4.42. The largest absolute Gasteiger partial charge is 0.456 e. The molecule has 2 bridgehead atoms. The third-order valence-corrected chi connectivity index (χ3v) is 3.96. The van der Waals surface area contributed by atoms with Gasteiger partial charge in [0.15, 0.2) is 0 Å². The Bertz CT molecular complexity index is 826. The Hall–Kier alpha value is -2.06. The van der Waals surface area contributed by atoms with E-state index in [0.717, 1.165) is 11.2 Å². The van der Waals surface area contributed by atoms with Crippen LogP contribution in [0.3, 0.4) is 0 Å². The van der Waals surface area contributed by atoms with Crippen LogP contribution >= 0.6 is 0 Å². The van der Waals surface area contributed by atoms with Gasteiger partial charge in [-0.3, -0.25) is 0 Å². The molecule has 2 unspecified atom stereocenters. The molecule has 0 saturated heterocycles. The monoisotopic (exact) mass is 234 g/mol. The number of benzene rings is 2. The molecule has 0 N–H and O–H groups in total. The Morgan fingerprint density at radius 2 is 1.72 bits per heavy atom. The molecular weight excluding hydrogens is 224 g/mol. The van der Waals surface area contributed by atoms with Crippen molar-refractivity contribution in [1.29, 1.82) is 0 Å². The molecule has 5 rings (SSSR count). The van der Waals surface area contributed by atoms with Crippen LogP contribution in [0.1, 0.15) is 23.3 Å². The lowest BCUT2D eigenvalue weighted by Gasteiger charge is -2.06. The highest BCUT2D eigenvalue weighted by Gasteiger charge is 2.36. The van der Waals surface area contributed by atoms with Gasteiger partial charge in [0.05, 0.1) is 0 Å². The van der Waals surface area contributed by atoms with Gasteiger partial charge >= 0.3 is 0 Å². The maximum atomic E-state index is 6.03. The molecule has 2 heteroatoms. The minimum absolute atomic E-state index is 0.0780. The second kappa shape index (κ2) is 2.85. The van der Waals surface area contributed by atoms with Crippen molar-refractivity contribution in [3.8, 4) is 0 Å². The van der Waals surface area contributed by atoms with Crippen LogP contribution in [-0.4, -0.2) is 0 Å². The van der Waals surface area contributed by atoms with Gasteiger partial charge in [-0.15, -0.1) is 0 Å². The van der Waals surface area contributed by atoms with E-state index in [-0.39, 0.29) is 12.2 Å². The summed E-state index contributed by atoms with van der Waals surface area (Å²) >= 11 is 0. The molecule has 0 aliphatic carbocycles. The van der Waals surface area contributed by atoms with Gasteiger partial charge in [-0.1, -0.05) is 42.5 Å². The van der Waals surface area contributed by atoms with Crippen molar-refractivity contribution in [3.63, 3.8) is 0 Å². The van der Waals surface area contributed by atoms with Crippen LogP contribution in [-0.2, 0) is 4.74 Å². The highest BCUT2D eigenvalue weighted by atomic mass is 16.5. The molecule has 0 radical (unpaired) electrons. The molecule has 2 atom stereocenters. The van der Waals surface area contributed by atoms with Crippen LogP contribution in [0.15, 0.2) is 53.0 Å². The van der Waals surface area contributed by atoms with Crippen molar-refractivity contribution in [3.05, 3.63) is 59.7 Å². The topological polar surface area (TPSA) is 22.4 Å². The van der Waals surface area contributed by atoms with E-state index >= 15 is 0 Å². The van der Waals surface area contributed by atoms with Crippen LogP contribution in [0.2, 0.25) is 0 Å². The van der Waals surface area contributed by atoms with Gasteiger partial charge in [0.25, 0.3) is 0 Å². The fraction of sp³-hybridized carbons (Fsp3) is 0.125. The van der Waals surface area contributed by atoms with E-state index < -0.39 is 0 Å². The normalized spacial score (nSPS) is 24.2. The second-order valence-electron chi connectivity index (χ2n) is 4.91. The van der Waals surface area contributed by atoms with E-state index in [0.29, 0.717) is 0 Å². The third kappa shape index (κ3) is 0.900. The van der Waals surface area contributed by atoms with Crippen molar-refractivity contribution in [2.75, 3.05) is 0 Å². The van der Waals surface area contributed by atoms with Crippen LogP contribution < -0.4 is 0 Å². The van der Waals surface area contributed by atoms with Gasteiger partial charge < -0.3 is 9.15 Å². The van der Waals surface area contributed by atoms with Gasteiger partial charge in [-0.25, -0.2) is 0 Å². The highest BCUT2D eigenvalue weighted by Crippen LogP contribution is 2.49. The summed E-state index contributed by atoms with van der Waals surface area (Å²) in [5, 5.41) is 2.37. The Kier molecular flexibility index (Phi) is 1.41. The summed E-state index contributed by atoms with van der Waals surface area (Å²) in [6.07, 6.45) is 4.46. The fourth-order valence-electron chi connectivity index (χ4n) is 3.16. The highest BCUT2D eigenvalue weighted by molar-refractivity contribution is 6.06. The van der Waals surface area contributed by atoms with Crippen molar-refractivity contribution < 1.29 is 9.15 Å². The number of ether oxygens (including phenoxy) is 1. The molecule has 3 heterocycles. The first kappa shape index (κ1) is 8.95. The molecule has 2 aliphatic rings.